The van der Waals surface area contributed by atoms with E-state index in [1.165, 1.54) is 19.3 Å². The van der Waals surface area contributed by atoms with Crippen LogP contribution >= 0.6 is 0 Å². The lowest BCUT2D eigenvalue weighted by atomic mass is 9.80. The SMILES string of the molecule is C=C[C@H]1CC[C@H](Cn2c(N3CCOC4CCCC43)nc3nc(C(=N)OC(N)=O)nc(N[C@H](C)C4CCC4)c32)CC1. The van der Waals surface area contributed by atoms with Crippen molar-refractivity contribution in [3.8, 4) is 0 Å². The number of hydrogen-bond acceptors (Lipinski definition) is 9. The lowest BCUT2D eigenvalue weighted by molar-refractivity contribution is 0.0247. The lowest BCUT2D eigenvalue weighted by Gasteiger charge is -2.39. The van der Waals surface area contributed by atoms with Gasteiger partial charge in [-0.05, 0) is 82.5 Å². The Hall–Kier alpha value is -3.21. The number of nitrogens with two attached hydrogens (primary N) is 1. The number of morpholine rings is 1. The van der Waals surface area contributed by atoms with Gasteiger partial charge in [0.2, 0.25) is 11.8 Å². The van der Waals surface area contributed by atoms with Crippen LogP contribution in [0.5, 0.6) is 0 Å². The first-order chi connectivity index (χ1) is 19.4. The standard InChI is InChI=1S/C29H42N8O3/c1-3-18-10-12-19(13-11-18)16-37-23-25(32-17(2)20-6-4-7-20)33-27(24(30)40-28(31)38)34-26(23)35-29(37)36-14-15-39-22-9-5-8-21(22)36/h3,17-22,30H,1,4-16H2,2H3,(H2,31,38)(H,32,33,34)/t17-,18-,19-,21?,22?/m1/s1. The van der Waals surface area contributed by atoms with Crippen LogP contribution in [0.3, 0.4) is 0 Å². The van der Waals surface area contributed by atoms with Crippen molar-refractivity contribution < 1.29 is 14.3 Å². The van der Waals surface area contributed by atoms with Crippen LogP contribution in [0, 0.1) is 23.2 Å². The van der Waals surface area contributed by atoms with Gasteiger partial charge in [-0.1, -0.05) is 12.5 Å². The number of ether oxygens (including phenoxy) is 2. The quantitative estimate of drug-likeness (QED) is 0.246. The molecule has 3 atom stereocenters. The number of allylic oxidation sites excluding steroid dienone is 1. The zero-order valence-electron chi connectivity index (χ0n) is 23.5. The number of fused-ring (bicyclic) bond motifs is 2. The van der Waals surface area contributed by atoms with Crippen molar-refractivity contribution in [1.82, 2.24) is 19.5 Å². The van der Waals surface area contributed by atoms with Crippen LogP contribution in [0.1, 0.15) is 77.0 Å². The molecule has 3 heterocycles. The molecule has 2 aromatic rings. The van der Waals surface area contributed by atoms with E-state index in [9.17, 15) is 4.79 Å². The number of aromatic nitrogens is 4. The molecule has 4 fully saturated rings. The summed E-state index contributed by atoms with van der Waals surface area (Å²) in [6.45, 7) is 8.48. The van der Waals surface area contributed by atoms with Gasteiger partial charge in [-0.25, -0.2) is 14.8 Å². The van der Waals surface area contributed by atoms with Gasteiger partial charge in [0.05, 0.1) is 18.8 Å². The Morgan fingerprint density at radius 1 is 1.18 bits per heavy atom. The highest BCUT2D eigenvalue weighted by molar-refractivity contribution is 5.98. The van der Waals surface area contributed by atoms with Crippen LogP contribution in [0.15, 0.2) is 12.7 Å². The molecular weight excluding hydrogens is 508 g/mol. The van der Waals surface area contributed by atoms with E-state index in [0.29, 0.717) is 35.8 Å². The molecule has 4 aliphatic rings. The van der Waals surface area contributed by atoms with E-state index in [1.807, 2.05) is 0 Å². The fourth-order valence-electron chi connectivity index (χ4n) is 7.08. The summed E-state index contributed by atoms with van der Waals surface area (Å²) in [7, 11) is 0. The Labute approximate surface area is 235 Å². The first-order valence-electron chi connectivity index (χ1n) is 15.0. The minimum absolute atomic E-state index is 0.00183. The number of anilines is 2. The van der Waals surface area contributed by atoms with Crippen molar-refractivity contribution in [1.29, 1.82) is 5.41 Å². The second-order valence-corrected chi connectivity index (χ2v) is 12.1. The van der Waals surface area contributed by atoms with E-state index in [1.54, 1.807) is 0 Å². The third-order valence-electron chi connectivity index (χ3n) is 9.61. The summed E-state index contributed by atoms with van der Waals surface area (Å²) in [5, 5.41) is 12.0. The number of amides is 1. The van der Waals surface area contributed by atoms with Crippen molar-refractivity contribution in [3.63, 3.8) is 0 Å². The maximum absolute atomic E-state index is 11.4. The summed E-state index contributed by atoms with van der Waals surface area (Å²) in [4.78, 5) is 28.4. The maximum Gasteiger partial charge on any atom is 0.411 e. The average Bonchev–Trinajstić information content (AvgIpc) is 3.52. The first kappa shape index (κ1) is 27.0. The Balaban J connectivity index is 1.45. The van der Waals surface area contributed by atoms with Crippen LogP contribution < -0.4 is 16.0 Å². The van der Waals surface area contributed by atoms with Gasteiger partial charge in [0.15, 0.2) is 11.5 Å². The van der Waals surface area contributed by atoms with Gasteiger partial charge in [0.1, 0.15) is 5.52 Å². The van der Waals surface area contributed by atoms with Crippen molar-refractivity contribution >= 4 is 34.9 Å². The fourth-order valence-corrected chi connectivity index (χ4v) is 7.08. The topological polar surface area (TPSA) is 144 Å². The molecule has 0 aromatic carbocycles. The number of primary amides is 1. The highest BCUT2D eigenvalue weighted by atomic mass is 16.6. The molecule has 216 valence electrons. The van der Waals surface area contributed by atoms with E-state index in [4.69, 9.17) is 30.6 Å². The highest BCUT2D eigenvalue weighted by Crippen LogP contribution is 2.39. The molecule has 0 radical (unpaired) electrons. The third kappa shape index (κ3) is 5.27. The number of rotatable bonds is 8. The summed E-state index contributed by atoms with van der Waals surface area (Å²) in [5.74, 6) is 2.73. The minimum atomic E-state index is -1.06. The molecule has 1 amide bonds. The second kappa shape index (κ2) is 11.3. The second-order valence-electron chi connectivity index (χ2n) is 12.1. The van der Waals surface area contributed by atoms with Gasteiger partial charge < -0.3 is 30.0 Å². The number of hydrogen-bond donors (Lipinski definition) is 3. The van der Waals surface area contributed by atoms with Crippen molar-refractivity contribution in [2.75, 3.05) is 23.4 Å². The van der Waals surface area contributed by atoms with E-state index in [-0.39, 0.29) is 24.0 Å². The fraction of sp³-hybridized carbons (Fsp3) is 0.690. The zero-order chi connectivity index (χ0) is 27.8. The van der Waals surface area contributed by atoms with Crippen LogP contribution in [-0.4, -0.2) is 62.8 Å². The van der Waals surface area contributed by atoms with Gasteiger partial charge in [0.25, 0.3) is 5.90 Å². The zero-order valence-corrected chi connectivity index (χ0v) is 23.5. The number of nitrogens with one attached hydrogen (secondary N) is 2. The summed E-state index contributed by atoms with van der Waals surface area (Å²) in [6.07, 6.45) is 12.8. The molecule has 11 nitrogen and oxygen atoms in total. The Kier molecular flexibility index (Phi) is 7.65. The summed E-state index contributed by atoms with van der Waals surface area (Å²) in [5.41, 5.74) is 6.56. The molecule has 1 saturated heterocycles. The normalized spacial score (nSPS) is 27.6. The Bertz CT molecular complexity index is 1270. The Morgan fingerprint density at radius 3 is 2.65 bits per heavy atom. The number of carbonyl (C=O) groups excluding carboxylic acids is 1. The van der Waals surface area contributed by atoms with Crippen molar-refractivity contribution in [3.05, 3.63) is 18.5 Å². The van der Waals surface area contributed by atoms with E-state index < -0.39 is 12.0 Å². The monoisotopic (exact) mass is 550 g/mol. The number of carbonyl (C=O) groups is 1. The molecule has 2 unspecified atom stereocenters. The summed E-state index contributed by atoms with van der Waals surface area (Å²) in [6, 6.07) is 0.485. The number of imidazole rings is 1. The van der Waals surface area contributed by atoms with Crippen LogP contribution in [0.25, 0.3) is 11.2 Å². The molecule has 3 aliphatic carbocycles. The molecule has 0 spiro atoms. The lowest BCUT2D eigenvalue weighted by Crippen LogP contribution is -2.49. The number of nitrogens with zero attached hydrogens (tertiary/aromatic N) is 5. The van der Waals surface area contributed by atoms with Crippen LogP contribution in [-0.2, 0) is 16.0 Å². The van der Waals surface area contributed by atoms with Gasteiger partial charge in [0, 0.05) is 19.1 Å². The van der Waals surface area contributed by atoms with E-state index >= 15 is 0 Å². The molecule has 0 bridgehead atoms. The van der Waals surface area contributed by atoms with E-state index in [0.717, 1.165) is 69.5 Å². The van der Waals surface area contributed by atoms with Gasteiger partial charge >= 0.3 is 6.09 Å². The van der Waals surface area contributed by atoms with Gasteiger partial charge in [-0.15, -0.1) is 6.58 Å². The van der Waals surface area contributed by atoms with Crippen molar-refractivity contribution in [2.24, 2.45) is 23.5 Å². The first-order valence-corrected chi connectivity index (χ1v) is 15.0. The predicted molar refractivity (Wildman–Crippen MR) is 154 cm³/mol. The maximum atomic E-state index is 11.4. The molecule has 2 aromatic heterocycles. The summed E-state index contributed by atoms with van der Waals surface area (Å²) < 4.78 is 13.3. The van der Waals surface area contributed by atoms with Crippen molar-refractivity contribution in [2.45, 2.75) is 95.9 Å². The minimum Gasteiger partial charge on any atom is -0.388 e. The summed E-state index contributed by atoms with van der Waals surface area (Å²) >= 11 is 0. The van der Waals surface area contributed by atoms with Crippen LogP contribution in [0.2, 0.25) is 0 Å². The molecule has 6 rings (SSSR count). The Morgan fingerprint density at radius 2 is 1.95 bits per heavy atom. The van der Waals surface area contributed by atoms with Gasteiger partial charge in [-0.3, -0.25) is 5.41 Å². The van der Waals surface area contributed by atoms with E-state index in [2.05, 4.69) is 39.3 Å². The smallest absolute Gasteiger partial charge is 0.388 e. The largest absolute Gasteiger partial charge is 0.411 e. The highest BCUT2D eigenvalue weighted by Gasteiger charge is 2.39. The molecule has 40 heavy (non-hydrogen) atoms. The van der Waals surface area contributed by atoms with Gasteiger partial charge in [-0.2, -0.15) is 4.98 Å². The molecular formula is C29H42N8O3. The third-order valence-corrected chi connectivity index (χ3v) is 9.61. The molecule has 4 N–H and O–H groups in total. The molecule has 11 heteroatoms. The molecule has 1 aliphatic heterocycles. The molecule has 3 saturated carbocycles. The average molecular weight is 551 g/mol. The van der Waals surface area contributed by atoms with Crippen LogP contribution in [0.4, 0.5) is 16.6 Å². The predicted octanol–water partition coefficient (Wildman–Crippen LogP) is 4.60.